The average molecular weight is 262 g/mol. The smallest absolute Gasteiger partial charge is 0.328 e. The maximum Gasteiger partial charge on any atom is 0.328 e. The summed E-state index contributed by atoms with van der Waals surface area (Å²) in [4.78, 5) is 16.0. The number of carbonyl (C=O) groups is 1. The van der Waals surface area contributed by atoms with Gasteiger partial charge >= 0.3 is 5.97 Å². The molecule has 1 atom stereocenters. The normalized spacial score (nSPS) is 17.8. The summed E-state index contributed by atoms with van der Waals surface area (Å²) < 4.78 is 4.81. The highest BCUT2D eigenvalue weighted by atomic mass is 16.5. The molecule has 1 unspecified atom stereocenters. The predicted octanol–water partition coefficient (Wildman–Crippen LogP) is 2.28. The predicted molar refractivity (Wildman–Crippen MR) is 77.8 cm³/mol. The summed E-state index contributed by atoms with van der Waals surface area (Å²) in [5.74, 6) is -0.140. The van der Waals surface area contributed by atoms with Crippen molar-refractivity contribution in [2.24, 2.45) is 0 Å². The Hall–Kier alpha value is -1.71. The summed E-state index contributed by atoms with van der Waals surface area (Å²) in [7, 11) is 1.45. The zero-order valence-corrected chi connectivity index (χ0v) is 11.9. The standard InChI is InChI=1S/C15H22N2O2/c1-4-16(5-2)12-6-8-13(9-7-12)17-11-10-14(17)15(18)19-3/h6-9,14H,4-5,10-11H2,1-3H3. The molecule has 1 aromatic carbocycles. The molecule has 0 radical (unpaired) electrons. The van der Waals surface area contributed by atoms with Crippen LogP contribution in [0.5, 0.6) is 0 Å². The second kappa shape index (κ2) is 5.95. The highest BCUT2D eigenvalue weighted by Crippen LogP contribution is 2.29. The lowest BCUT2D eigenvalue weighted by molar-refractivity contribution is -0.143. The van der Waals surface area contributed by atoms with Gasteiger partial charge in [-0.25, -0.2) is 4.79 Å². The minimum absolute atomic E-state index is 0.107. The lowest BCUT2D eigenvalue weighted by Gasteiger charge is -2.40. The Morgan fingerprint density at radius 2 is 1.95 bits per heavy atom. The molecule has 0 bridgehead atoms. The lowest BCUT2D eigenvalue weighted by atomic mass is 10.0. The minimum atomic E-state index is -0.140. The number of carbonyl (C=O) groups excluding carboxylic acids is 1. The summed E-state index contributed by atoms with van der Waals surface area (Å²) in [6.07, 6.45) is 0.879. The van der Waals surface area contributed by atoms with E-state index in [0.717, 1.165) is 31.7 Å². The van der Waals surface area contributed by atoms with Gasteiger partial charge < -0.3 is 14.5 Å². The van der Waals surface area contributed by atoms with Crippen LogP contribution in [0.3, 0.4) is 0 Å². The van der Waals surface area contributed by atoms with Gasteiger partial charge in [-0.3, -0.25) is 0 Å². The van der Waals surface area contributed by atoms with Crippen LogP contribution in [0.1, 0.15) is 20.3 Å². The molecule has 4 nitrogen and oxygen atoms in total. The van der Waals surface area contributed by atoms with Crippen molar-refractivity contribution in [1.82, 2.24) is 0 Å². The lowest BCUT2D eigenvalue weighted by Crippen LogP contribution is -2.53. The molecule has 104 valence electrons. The number of hydrogen-bond acceptors (Lipinski definition) is 4. The van der Waals surface area contributed by atoms with Crippen LogP contribution >= 0.6 is 0 Å². The molecule has 0 aromatic heterocycles. The first-order chi connectivity index (χ1) is 9.21. The zero-order valence-electron chi connectivity index (χ0n) is 11.9. The number of rotatable bonds is 5. The fraction of sp³-hybridized carbons (Fsp3) is 0.533. The van der Waals surface area contributed by atoms with Gasteiger partial charge in [0.2, 0.25) is 0 Å². The van der Waals surface area contributed by atoms with E-state index in [0.29, 0.717) is 0 Å². The first-order valence-electron chi connectivity index (χ1n) is 6.90. The number of benzene rings is 1. The Bertz CT molecular complexity index is 426. The van der Waals surface area contributed by atoms with Crippen LogP contribution in [0.15, 0.2) is 24.3 Å². The molecule has 0 N–H and O–H groups in total. The van der Waals surface area contributed by atoms with Crippen LogP contribution in [0.2, 0.25) is 0 Å². The fourth-order valence-corrected chi connectivity index (χ4v) is 2.52. The molecule has 1 fully saturated rings. The first kappa shape index (κ1) is 13.7. The Labute approximate surface area is 115 Å². The molecule has 4 heteroatoms. The summed E-state index contributed by atoms with van der Waals surface area (Å²) in [5.41, 5.74) is 2.32. The molecule has 1 saturated heterocycles. The summed E-state index contributed by atoms with van der Waals surface area (Å²) in [6.45, 7) is 7.24. The van der Waals surface area contributed by atoms with Gasteiger partial charge in [0.25, 0.3) is 0 Å². The van der Waals surface area contributed by atoms with Crippen molar-refractivity contribution < 1.29 is 9.53 Å². The second-order valence-corrected chi connectivity index (χ2v) is 4.71. The van der Waals surface area contributed by atoms with E-state index in [1.807, 2.05) is 0 Å². The third-order valence-corrected chi connectivity index (χ3v) is 3.80. The van der Waals surface area contributed by atoms with Gasteiger partial charge in [-0.05, 0) is 44.5 Å². The van der Waals surface area contributed by atoms with Gasteiger partial charge in [-0.1, -0.05) is 0 Å². The molecule has 1 aliphatic rings. The number of anilines is 2. The van der Waals surface area contributed by atoms with Crippen molar-refractivity contribution in [2.45, 2.75) is 26.3 Å². The number of hydrogen-bond donors (Lipinski definition) is 0. The van der Waals surface area contributed by atoms with Gasteiger partial charge in [0.1, 0.15) is 6.04 Å². The quantitative estimate of drug-likeness (QED) is 0.762. The first-order valence-corrected chi connectivity index (χ1v) is 6.90. The number of esters is 1. The number of ether oxygens (including phenoxy) is 1. The second-order valence-electron chi connectivity index (χ2n) is 4.71. The van der Waals surface area contributed by atoms with E-state index in [1.54, 1.807) is 0 Å². The van der Waals surface area contributed by atoms with Gasteiger partial charge in [0.05, 0.1) is 7.11 Å². The van der Waals surface area contributed by atoms with Crippen molar-refractivity contribution in [3.8, 4) is 0 Å². The Balaban J connectivity index is 2.08. The van der Waals surface area contributed by atoms with Crippen molar-refractivity contribution >= 4 is 17.3 Å². The Morgan fingerprint density at radius 3 is 2.37 bits per heavy atom. The summed E-state index contributed by atoms with van der Waals surface area (Å²) in [6, 6.07) is 8.31. The SMILES string of the molecule is CCN(CC)c1ccc(N2CCC2C(=O)OC)cc1. The van der Waals surface area contributed by atoms with Crippen LogP contribution < -0.4 is 9.80 Å². The number of nitrogens with zero attached hydrogens (tertiary/aromatic N) is 2. The molecule has 0 amide bonds. The maximum absolute atomic E-state index is 11.6. The van der Waals surface area contributed by atoms with E-state index in [-0.39, 0.29) is 12.0 Å². The van der Waals surface area contributed by atoms with Crippen molar-refractivity contribution in [3.63, 3.8) is 0 Å². The van der Waals surface area contributed by atoms with E-state index in [9.17, 15) is 4.79 Å². The largest absolute Gasteiger partial charge is 0.467 e. The molecule has 0 saturated carbocycles. The highest BCUT2D eigenvalue weighted by molar-refractivity contribution is 5.82. The Kier molecular flexibility index (Phi) is 4.30. The molecular weight excluding hydrogens is 240 g/mol. The Morgan fingerprint density at radius 1 is 1.32 bits per heavy atom. The van der Waals surface area contributed by atoms with E-state index in [2.05, 4.69) is 47.9 Å². The zero-order chi connectivity index (χ0) is 13.8. The van der Waals surface area contributed by atoms with Crippen LogP contribution in [0.25, 0.3) is 0 Å². The highest BCUT2D eigenvalue weighted by Gasteiger charge is 2.34. The molecule has 1 aliphatic heterocycles. The molecule has 1 heterocycles. The van der Waals surface area contributed by atoms with Gasteiger partial charge in [-0.2, -0.15) is 0 Å². The van der Waals surface area contributed by atoms with Crippen LogP contribution in [-0.2, 0) is 9.53 Å². The van der Waals surface area contributed by atoms with Crippen LogP contribution in [0.4, 0.5) is 11.4 Å². The maximum atomic E-state index is 11.6. The van der Waals surface area contributed by atoms with Crippen molar-refractivity contribution in [1.29, 1.82) is 0 Å². The van der Waals surface area contributed by atoms with Gasteiger partial charge in [0, 0.05) is 31.0 Å². The van der Waals surface area contributed by atoms with Gasteiger partial charge in [-0.15, -0.1) is 0 Å². The molecule has 19 heavy (non-hydrogen) atoms. The van der Waals surface area contributed by atoms with Crippen molar-refractivity contribution in [2.75, 3.05) is 36.5 Å². The molecule has 1 aromatic rings. The van der Waals surface area contributed by atoms with E-state index >= 15 is 0 Å². The molecule has 0 aliphatic carbocycles. The van der Waals surface area contributed by atoms with Crippen LogP contribution in [0, 0.1) is 0 Å². The third kappa shape index (κ3) is 2.67. The fourth-order valence-electron chi connectivity index (χ4n) is 2.52. The molecule has 2 rings (SSSR count). The monoisotopic (exact) mass is 262 g/mol. The summed E-state index contributed by atoms with van der Waals surface area (Å²) in [5, 5.41) is 0. The van der Waals surface area contributed by atoms with Crippen LogP contribution in [-0.4, -0.2) is 38.8 Å². The molecule has 0 spiro atoms. The molecular formula is C15H22N2O2. The van der Waals surface area contributed by atoms with E-state index in [1.165, 1.54) is 12.8 Å². The topological polar surface area (TPSA) is 32.8 Å². The van der Waals surface area contributed by atoms with Gasteiger partial charge in [0.15, 0.2) is 0 Å². The van der Waals surface area contributed by atoms with Crippen molar-refractivity contribution in [3.05, 3.63) is 24.3 Å². The van der Waals surface area contributed by atoms with E-state index < -0.39 is 0 Å². The number of methoxy groups -OCH3 is 1. The average Bonchev–Trinajstić information content (AvgIpc) is 2.40. The minimum Gasteiger partial charge on any atom is -0.467 e. The summed E-state index contributed by atoms with van der Waals surface area (Å²) >= 11 is 0. The van der Waals surface area contributed by atoms with E-state index in [4.69, 9.17) is 4.74 Å². The third-order valence-electron chi connectivity index (χ3n) is 3.80.